The molecule has 3 rings (SSSR count). The van der Waals surface area contributed by atoms with Crippen molar-refractivity contribution in [2.45, 2.75) is 39.2 Å². The minimum absolute atomic E-state index is 0.188. The van der Waals surface area contributed by atoms with Gasteiger partial charge >= 0.3 is 6.09 Å². The van der Waals surface area contributed by atoms with Crippen molar-refractivity contribution in [3.05, 3.63) is 59.7 Å². The molecule has 0 fully saturated rings. The molecule has 0 bridgehead atoms. The highest BCUT2D eigenvalue weighted by Gasteiger charge is 2.36. The van der Waals surface area contributed by atoms with E-state index in [1.807, 2.05) is 0 Å². The molecule has 8 heteroatoms. The fourth-order valence-electron chi connectivity index (χ4n) is 3.12. The first kappa shape index (κ1) is 22.0. The summed E-state index contributed by atoms with van der Waals surface area (Å²) in [6.07, 6.45) is 0.0949. The van der Waals surface area contributed by atoms with Gasteiger partial charge < -0.3 is 15.4 Å². The molecule has 2 N–H and O–H groups in total. The first-order chi connectivity index (χ1) is 14.7. The number of hydrogen-bond acceptors (Lipinski definition) is 5. The van der Waals surface area contributed by atoms with Crippen LogP contribution in [-0.4, -0.2) is 36.0 Å². The molecule has 0 atom stereocenters. The number of nitrogens with one attached hydrogen (secondary N) is 2. The topological polar surface area (TPSA) is 105 Å². The van der Waals surface area contributed by atoms with Crippen LogP contribution in [0.5, 0.6) is 0 Å². The van der Waals surface area contributed by atoms with E-state index in [1.165, 1.54) is 0 Å². The van der Waals surface area contributed by atoms with E-state index >= 15 is 0 Å². The maximum atomic E-state index is 12.6. The summed E-state index contributed by atoms with van der Waals surface area (Å²) in [5, 5.41) is 5.35. The summed E-state index contributed by atoms with van der Waals surface area (Å²) in [6, 6.07) is 13.2. The highest BCUT2D eigenvalue weighted by molar-refractivity contribution is 6.34. The van der Waals surface area contributed by atoms with Gasteiger partial charge in [-0.2, -0.15) is 0 Å². The monoisotopic (exact) mass is 423 g/mol. The minimum atomic E-state index is -0.577. The van der Waals surface area contributed by atoms with Crippen molar-refractivity contribution in [2.24, 2.45) is 0 Å². The van der Waals surface area contributed by atoms with E-state index in [9.17, 15) is 19.2 Å². The summed E-state index contributed by atoms with van der Waals surface area (Å²) in [4.78, 5) is 50.2. The molecule has 1 aliphatic rings. The van der Waals surface area contributed by atoms with E-state index < -0.39 is 23.5 Å². The maximum Gasteiger partial charge on any atom is 0.407 e. The number of imide groups is 1. The van der Waals surface area contributed by atoms with Crippen molar-refractivity contribution in [3.8, 4) is 0 Å². The SMILES string of the molecule is CC(C)(C)OC(=O)NCCCC(=O)Nc1cccc(N2C(=O)c3ccccc3C2=O)c1. The molecule has 0 spiro atoms. The predicted molar refractivity (Wildman–Crippen MR) is 116 cm³/mol. The highest BCUT2D eigenvalue weighted by atomic mass is 16.6. The summed E-state index contributed by atoms with van der Waals surface area (Å²) in [5.74, 6) is -1.03. The number of amides is 4. The van der Waals surface area contributed by atoms with Crippen LogP contribution in [-0.2, 0) is 9.53 Å². The van der Waals surface area contributed by atoms with Crippen molar-refractivity contribution >= 4 is 35.2 Å². The third-order valence-electron chi connectivity index (χ3n) is 4.43. The van der Waals surface area contributed by atoms with Crippen LogP contribution >= 0.6 is 0 Å². The van der Waals surface area contributed by atoms with Crippen LogP contribution in [0.2, 0.25) is 0 Å². The molecule has 2 aromatic carbocycles. The Kier molecular flexibility index (Phi) is 6.39. The molecule has 31 heavy (non-hydrogen) atoms. The number of ether oxygens (including phenoxy) is 1. The molecule has 0 unspecified atom stereocenters. The van der Waals surface area contributed by atoms with E-state index in [0.717, 1.165) is 4.90 Å². The second-order valence-electron chi connectivity index (χ2n) is 8.12. The third kappa shape index (κ3) is 5.48. The molecule has 2 aromatic rings. The molecule has 0 saturated carbocycles. The van der Waals surface area contributed by atoms with Gasteiger partial charge in [0.15, 0.2) is 0 Å². The van der Waals surface area contributed by atoms with Crippen LogP contribution in [0.3, 0.4) is 0 Å². The second-order valence-corrected chi connectivity index (χ2v) is 8.12. The normalized spacial score (nSPS) is 13.1. The zero-order valence-electron chi connectivity index (χ0n) is 17.7. The third-order valence-corrected chi connectivity index (χ3v) is 4.43. The van der Waals surface area contributed by atoms with Crippen LogP contribution in [0.15, 0.2) is 48.5 Å². The number of hydrogen-bond donors (Lipinski definition) is 2. The van der Waals surface area contributed by atoms with E-state index in [0.29, 0.717) is 35.5 Å². The first-order valence-electron chi connectivity index (χ1n) is 10.0. The largest absolute Gasteiger partial charge is 0.444 e. The summed E-state index contributed by atoms with van der Waals surface area (Å²) in [5.41, 5.74) is 1.000. The quantitative estimate of drug-likeness (QED) is 0.544. The minimum Gasteiger partial charge on any atom is -0.444 e. The second kappa shape index (κ2) is 8.99. The number of benzene rings is 2. The Morgan fingerprint density at radius 3 is 2.23 bits per heavy atom. The number of carbonyl (C=O) groups excluding carboxylic acids is 4. The molecule has 0 aliphatic carbocycles. The lowest BCUT2D eigenvalue weighted by Gasteiger charge is -2.19. The summed E-state index contributed by atoms with van der Waals surface area (Å²) in [7, 11) is 0. The molecule has 0 radical (unpaired) electrons. The predicted octanol–water partition coefficient (Wildman–Crippen LogP) is 3.73. The average molecular weight is 423 g/mol. The maximum absolute atomic E-state index is 12.6. The molecule has 1 aliphatic heterocycles. The number of anilines is 2. The zero-order chi connectivity index (χ0) is 22.6. The summed E-state index contributed by atoms with van der Waals surface area (Å²) < 4.78 is 5.13. The van der Waals surface area contributed by atoms with E-state index in [-0.39, 0.29) is 12.3 Å². The average Bonchev–Trinajstić information content (AvgIpc) is 2.95. The standard InChI is InChI=1S/C23H25N3O5/c1-23(2,3)31-22(30)24-13-7-12-19(27)25-15-8-6-9-16(14-15)26-20(28)17-10-4-5-11-18(17)21(26)29/h4-6,8-11,14H,7,12-13H2,1-3H3,(H,24,30)(H,25,27). The first-order valence-corrected chi connectivity index (χ1v) is 10.0. The summed E-state index contributed by atoms with van der Waals surface area (Å²) >= 11 is 0. The van der Waals surface area contributed by atoms with Gasteiger partial charge in [0.1, 0.15) is 5.60 Å². The van der Waals surface area contributed by atoms with E-state index in [1.54, 1.807) is 69.3 Å². The molecular formula is C23H25N3O5. The van der Waals surface area contributed by atoms with Gasteiger partial charge in [0, 0.05) is 18.7 Å². The van der Waals surface area contributed by atoms with Crippen LogP contribution in [0.4, 0.5) is 16.2 Å². The highest BCUT2D eigenvalue weighted by Crippen LogP contribution is 2.29. The van der Waals surface area contributed by atoms with Gasteiger partial charge in [-0.3, -0.25) is 14.4 Å². The number of fused-ring (bicyclic) bond motifs is 1. The van der Waals surface area contributed by atoms with Gasteiger partial charge in [0.2, 0.25) is 5.91 Å². The van der Waals surface area contributed by atoms with Crippen molar-refractivity contribution in [1.82, 2.24) is 5.32 Å². The number of nitrogens with zero attached hydrogens (tertiary/aromatic N) is 1. The summed E-state index contributed by atoms with van der Waals surface area (Å²) in [6.45, 7) is 5.62. The lowest BCUT2D eigenvalue weighted by Crippen LogP contribution is -2.33. The smallest absolute Gasteiger partial charge is 0.407 e. The number of rotatable bonds is 6. The Morgan fingerprint density at radius 2 is 1.61 bits per heavy atom. The number of alkyl carbamates (subject to hydrolysis) is 1. The van der Waals surface area contributed by atoms with Crippen LogP contribution in [0, 0.1) is 0 Å². The number of carbonyl (C=O) groups is 4. The van der Waals surface area contributed by atoms with Gasteiger partial charge in [-0.05, 0) is 57.5 Å². The molecule has 0 aromatic heterocycles. The zero-order valence-corrected chi connectivity index (χ0v) is 17.7. The molecule has 4 amide bonds. The van der Waals surface area contributed by atoms with Crippen molar-refractivity contribution < 1.29 is 23.9 Å². The Bertz CT molecular complexity index is 991. The molecule has 8 nitrogen and oxygen atoms in total. The molecule has 162 valence electrons. The molecule has 1 heterocycles. The van der Waals surface area contributed by atoms with Gasteiger partial charge in [-0.1, -0.05) is 18.2 Å². The fourth-order valence-corrected chi connectivity index (χ4v) is 3.12. The van der Waals surface area contributed by atoms with Crippen molar-refractivity contribution in [2.75, 3.05) is 16.8 Å². The Hall–Kier alpha value is -3.68. The van der Waals surface area contributed by atoms with Crippen LogP contribution in [0.1, 0.15) is 54.3 Å². The van der Waals surface area contributed by atoms with Gasteiger partial charge in [0.05, 0.1) is 16.8 Å². The van der Waals surface area contributed by atoms with E-state index in [4.69, 9.17) is 4.74 Å². The van der Waals surface area contributed by atoms with Gasteiger partial charge in [-0.15, -0.1) is 0 Å². The lowest BCUT2D eigenvalue weighted by atomic mass is 10.1. The van der Waals surface area contributed by atoms with Crippen LogP contribution < -0.4 is 15.5 Å². The van der Waals surface area contributed by atoms with Crippen LogP contribution in [0.25, 0.3) is 0 Å². The molecule has 0 saturated heterocycles. The lowest BCUT2D eigenvalue weighted by molar-refractivity contribution is -0.116. The Balaban J connectivity index is 1.54. The van der Waals surface area contributed by atoms with Crippen molar-refractivity contribution in [1.29, 1.82) is 0 Å². The fraction of sp³-hybridized carbons (Fsp3) is 0.304. The van der Waals surface area contributed by atoms with Gasteiger partial charge in [0.25, 0.3) is 11.8 Å². The van der Waals surface area contributed by atoms with Gasteiger partial charge in [-0.25, -0.2) is 9.69 Å². The Labute approximate surface area is 180 Å². The van der Waals surface area contributed by atoms with E-state index in [2.05, 4.69) is 10.6 Å². The Morgan fingerprint density at radius 1 is 0.968 bits per heavy atom. The molecular weight excluding hydrogens is 398 g/mol. The van der Waals surface area contributed by atoms with Crippen molar-refractivity contribution in [3.63, 3.8) is 0 Å².